The Morgan fingerprint density at radius 3 is 2.46 bits per heavy atom. The largest absolute Gasteiger partial charge is 0.395 e. The summed E-state index contributed by atoms with van der Waals surface area (Å²) >= 11 is 0. The molecule has 0 radical (unpaired) electrons. The quantitative estimate of drug-likeness (QED) is 0.790. The van der Waals surface area contributed by atoms with Gasteiger partial charge in [-0.2, -0.15) is 0 Å². The molecular weight excluding hydrogens is 304 g/mol. The first-order chi connectivity index (χ1) is 11.2. The van der Waals surface area contributed by atoms with Gasteiger partial charge in [0.15, 0.2) is 11.6 Å². The monoisotopic (exact) mass is 330 g/mol. The summed E-state index contributed by atoms with van der Waals surface area (Å²) < 4.78 is 0. The lowest BCUT2D eigenvalue weighted by molar-refractivity contribution is -0.146. The molecule has 4 heteroatoms. The molecule has 0 aromatic heterocycles. The van der Waals surface area contributed by atoms with Gasteiger partial charge in [0.1, 0.15) is 5.78 Å². The standard InChI is InChI=1S/C20H26O4/c1-11(2)13-9-14(22)17-12(18(13)24)5-6-15-19(17,3)8-7-16(23)20(15,4)10-21/h9,11,15,21H,5-8,10H2,1-4H3/t15?,19-,20+/m0/s1. The summed E-state index contributed by atoms with van der Waals surface area (Å²) in [6.07, 6.45) is 3.62. The van der Waals surface area contributed by atoms with Gasteiger partial charge < -0.3 is 5.11 Å². The van der Waals surface area contributed by atoms with Crippen molar-refractivity contribution in [3.8, 4) is 0 Å². The summed E-state index contributed by atoms with van der Waals surface area (Å²) in [7, 11) is 0. The van der Waals surface area contributed by atoms with E-state index in [1.807, 2.05) is 27.7 Å². The van der Waals surface area contributed by atoms with Crippen LogP contribution >= 0.6 is 0 Å². The summed E-state index contributed by atoms with van der Waals surface area (Å²) in [5, 5.41) is 9.90. The second kappa shape index (κ2) is 5.48. The van der Waals surface area contributed by atoms with Crippen molar-refractivity contribution in [3.05, 3.63) is 22.8 Å². The molecule has 3 atom stereocenters. The molecule has 130 valence electrons. The molecule has 0 aliphatic heterocycles. The van der Waals surface area contributed by atoms with Crippen LogP contribution in [-0.2, 0) is 14.4 Å². The Bertz CT molecular complexity index is 696. The van der Waals surface area contributed by atoms with Crippen molar-refractivity contribution in [1.82, 2.24) is 0 Å². The molecule has 0 spiro atoms. The van der Waals surface area contributed by atoms with Gasteiger partial charge in [-0.3, -0.25) is 14.4 Å². The van der Waals surface area contributed by atoms with Gasteiger partial charge in [0, 0.05) is 28.6 Å². The van der Waals surface area contributed by atoms with Gasteiger partial charge in [-0.1, -0.05) is 27.7 Å². The van der Waals surface area contributed by atoms with Gasteiger partial charge >= 0.3 is 0 Å². The molecule has 3 aliphatic rings. The van der Waals surface area contributed by atoms with E-state index in [9.17, 15) is 19.5 Å². The Labute approximate surface area is 143 Å². The Hall–Kier alpha value is -1.55. The number of Topliss-reactive ketones (excluding diaryl/α,β-unsaturated/α-hetero) is 2. The fourth-order valence-electron chi connectivity index (χ4n) is 5.16. The van der Waals surface area contributed by atoms with Gasteiger partial charge in [-0.25, -0.2) is 0 Å². The molecule has 0 bridgehead atoms. The van der Waals surface area contributed by atoms with Gasteiger partial charge in [0.25, 0.3) is 0 Å². The SMILES string of the molecule is CC(C)C1=CC(=O)C2=C(CCC3[C@@](C)(CO)C(=O)CC[C@]23C)C1=O. The van der Waals surface area contributed by atoms with E-state index in [4.69, 9.17) is 0 Å². The van der Waals surface area contributed by atoms with E-state index < -0.39 is 10.8 Å². The highest BCUT2D eigenvalue weighted by molar-refractivity contribution is 6.23. The van der Waals surface area contributed by atoms with Crippen LogP contribution in [0, 0.1) is 22.7 Å². The summed E-state index contributed by atoms with van der Waals surface area (Å²) in [6, 6.07) is 0. The van der Waals surface area contributed by atoms with Crippen LogP contribution in [0.1, 0.15) is 53.4 Å². The number of fused-ring (bicyclic) bond motifs is 2. The predicted molar refractivity (Wildman–Crippen MR) is 90.2 cm³/mol. The molecule has 0 saturated heterocycles. The first kappa shape index (κ1) is 17.3. The zero-order valence-electron chi connectivity index (χ0n) is 14.9. The third kappa shape index (κ3) is 2.12. The number of aliphatic hydroxyl groups is 1. The second-order valence-corrected chi connectivity index (χ2v) is 8.31. The highest BCUT2D eigenvalue weighted by Gasteiger charge is 2.58. The van der Waals surface area contributed by atoms with E-state index in [0.717, 1.165) is 0 Å². The minimum absolute atomic E-state index is 0.00174. The smallest absolute Gasteiger partial charge is 0.185 e. The summed E-state index contributed by atoms with van der Waals surface area (Å²) in [6.45, 7) is 7.47. The predicted octanol–water partition coefficient (Wildman–Crippen LogP) is 2.80. The Kier molecular flexibility index (Phi) is 3.95. The van der Waals surface area contributed by atoms with E-state index >= 15 is 0 Å². The van der Waals surface area contributed by atoms with E-state index in [0.29, 0.717) is 42.4 Å². The van der Waals surface area contributed by atoms with E-state index in [1.165, 1.54) is 6.08 Å². The normalized spacial score (nSPS) is 36.7. The number of rotatable bonds is 2. The molecule has 0 aromatic rings. The molecule has 3 rings (SSSR count). The van der Waals surface area contributed by atoms with Crippen molar-refractivity contribution < 1.29 is 19.5 Å². The number of allylic oxidation sites excluding steroid dienone is 4. The third-order valence-electron chi connectivity index (χ3n) is 6.62. The Morgan fingerprint density at radius 1 is 1.21 bits per heavy atom. The first-order valence-corrected chi connectivity index (χ1v) is 8.85. The van der Waals surface area contributed by atoms with E-state index in [1.54, 1.807) is 0 Å². The minimum Gasteiger partial charge on any atom is -0.395 e. The van der Waals surface area contributed by atoms with E-state index in [2.05, 4.69) is 0 Å². The van der Waals surface area contributed by atoms with Crippen LogP contribution < -0.4 is 0 Å². The third-order valence-corrected chi connectivity index (χ3v) is 6.62. The number of hydrogen-bond donors (Lipinski definition) is 1. The van der Waals surface area contributed by atoms with Crippen LogP contribution in [0.15, 0.2) is 22.8 Å². The lowest BCUT2D eigenvalue weighted by atomic mass is 9.48. The first-order valence-electron chi connectivity index (χ1n) is 8.85. The Morgan fingerprint density at radius 2 is 1.88 bits per heavy atom. The van der Waals surface area contributed by atoms with Crippen molar-refractivity contribution in [3.63, 3.8) is 0 Å². The number of carbonyl (C=O) groups is 3. The maximum atomic E-state index is 12.9. The van der Waals surface area contributed by atoms with Crippen molar-refractivity contribution in [2.24, 2.45) is 22.7 Å². The summed E-state index contributed by atoms with van der Waals surface area (Å²) in [5.41, 5.74) is 0.527. The van der Waals surface area contributed by atoms with Crippen molar-refractivity contribution in [2.45, 2.75) is 53.4 Å². The fraction of sp³-hybridized carbons (Fsp3) is 0.650. The Balaban J connectivity index is 2.12. The topological polar surface area (TPSA) is 71.4 Å². The van der Waals surface area contributed by atoms with Gasteiger partial charge in [0.05, 0.1) is 12.0 Å². The average Bonchev–Trinajstić information content (AvgIpc) is 2.53. The molecule has 0 aromatic carbocycles. The average molecular weight is 330 g/mol. The van der Waals surface area contributed by atoms with Crippen LogP contribution in [-0.4, -0.2) is 29.1 Å². The number of aliphatic hydroxyl groups excluding tert-OH is 1. The summed E-state index contributed by atoms with van der Waals surface area (Å²) in [5.74, 6) is -0.0704. The molecule has 1 saturated carbocycles. The number of ketones is 3. The number of carbonyl (C=O) groups excluding carboxylic acids is 3. The number of hydrogen-bond acceptors (Lipinski definition) is 4. The van der Waals surface area contributed by atoms with Crippen LogP contribution in [0.25, 0.3) is 0 Å². The highest BCUT2D eigenvalue weighted by Crippen LogP contribution is 2.59. The van der Waals surface area contributed by atoms with Crippen molar-refractivity contribution in [2.75, 3.05) is 6.61 Å². The zero-order valence-corrected chi connectivity index (χ0v) is 14.9. The zero-order chi connectivity index (χ0) is 17.9. The minimum atomic E-state index is -0.823. The molecule has 0 amide bonds. The highest BCUT2D eigenvalue weighted by atomic mass is 16.3. The molecule has 0 heterocycles. The molecule has 1 unspecified atom stereocenters. The van der Waals surface area contributed by atoms with Gasteiger partial charge in [0.2, 0.25) is 0 Å². The lowest BCUT2D eigenvalue weighted by Gasteiger charge is -2.54. The lowest BCUT2D eigenvalue weighted by Crippen LogP contribution is -2.55. The van der Waals surface area contributed by atoms with Crippen LogP contribution in [0.2, 0.25) is 0 Å². The molecule has 3 aliphatic carbocycles. The molecule has 1 fully saturated rings. The maximum Gasteiger partial charge on any atom is 0.185 e. The molecule has 24 heavy (non-hydrogen) atoms. The van der Waals surface area contributed by atoms with Crippen molar-refractivity contribution in [1.29, 1.82) is 0 Å². The fourth-order valence-corrected chi connectivity index (χ4v) is 5.16. The molecule has 4 nitrogen and oxygen atoms in total. The van der Waals surface area contributed by atoms with Crippen molar-refractivity contribution >= 4 is 17.3 Å². The summed E-state index contributed by atoms with van der Waals surface area (Å²) in [4.78, 5) is 38.2. The maximum absolute atomic E-state index is 12.9. The van der Waals surface area contributed by atoms with E-state index in [-0.39, 0.29) is 35.8 Å². The van der Waals surface area contributed by atoms with Crippen LogP contribution in [0.3, 0.4) is 0 Å². The second-order valence-electron chi connectivity index (χ2n) is 8.31. The molecular formula is C20H26O4. The van der Waals surface area contributed by atoms with Crippen LogP contribution in [0.4, 0.5) is 0 Å². The van der Waals surface area contributed by atoms with Crippen LogP contribution in [0.5, 0.6) is 0 Å². The van der Waals surface area contributed by atoms with Gasteiger partial charge in [-0.05, 0) is 37.2 Å². The molecule has 1 N–H and O–H groups in total. The van der Waals surface area contributed by atoms with Gasteiger partial charge in [-0.15, -0.1) is 0 Å².